The Labute approximate surface area is 61.9 Å². The van der Waals surface area contributed by atoms with Gasteiger partial charge >= 0.3 is 0 Å². The first-order chi connectivity index (χ1) is 4.52. The molecule has 0 atom stereocenters. The molecule has 10 heavy (non-hydrogen) atoms. The fraction of sp³-hybridized carbons (Fsp3) is 0.875. The smallest absolute Gasteiger partial charge is 0.0502 e. The molecule has 1 N–H and O–H groups in total. The third-order valence-electron chi connectivity index (χ3n) is 2.59. The highest BCUT2D eigenvalue weighted by atomic mass is 16.4. The van der Waals surface area contributed by atoms with Gasteiger partial charge in [-0.2, -0.15) is 0 Å². The monoisotopic (exact) mass is 141 g/mol. The maximum absolute atomic E-state index is 8.37. The summed E-state index contributed by atoms with van der Waals surface area (Å²) < 4.78 is 0. The summed E-state index contributed by atoms with van der Waals surface area (Å²) in [6.45, 7) is 6.55. The summed E-state index contributed by atoms with van der Waals surface area (Å²) in [7, 11) is 0. The van der Waals surface area contributed by atoms with Gasteiger partial charge in [0.1, 0.15) is 0 Å². The van der Waals surface area contributed by atoms with E-state index in [0.29, 0.717) is 0 Å². The van der Waals surface area contributed by atoms with Gasteiger partial charge in [-0.15, -0.1) is 5.16 Å². The van der Waals surface area contributed by atoms with Crippen molar-refractivity contribution in [3.05, 3.63) is 0 Å². The van der Waals surface area contributed by atoms with Gasteiger partial charge in [0.25, 0.3) is 0 Å². The van der Waals surface area contributed by atoms with Crippen LogP contribution in [0.5, 0.6) is 0 Å². The van der Waals surface area contributed by atoms with Crippen molar-refractivity contribution in [3.63, 3.8) is 0 Å². The maximum atomic E-state index is 8.37. The summed E-state index contributed by atoms with van der Waals surface area (Å²) in [4.78, 5) is 0. The lowest BCUT2D eigenvalue weighted by Crippen LogP contribution is -2.23. The van der Waals surface area contributed by atoms with Crippen LogP contribution < -0.4 is 0 Å². The van der Waals surface area contributed by atoms with Crippen LogP contribution in [0.25, 0.3) is 0 Å². The van der Waals surface area contributed by atoms with Crippen LogP contribution in [0.1, 0.15) is 33.6 Å². The largest absolute Gasteiger partial charge is 0.411 e. The molecule has 0 bridgehead atoms. The second kappa shape index (κ2) is 1.97. The minimum atomic E-state index is 0.196. The van der Waals surface area contributed by atoms with Gasteiger partial charge in [0.2, 0.25) is 0 Å². The van der Waals surface area contributed by atoms with Crippen LogP contribution in [-0.4, -0.2) is 11.4 Å². The second-order valence-corrected chi connectivity index (χ2v) is 4.15. The van der Waals surface area contributed by atoms with Crippen LogP contribution in [0.2, 0.25) is 0 Å². The van der Waals surface area contributed by atoms with E-state index in [2.05, 4.69) is 25.9 Å². The molecule has 0 amide bonds. The average molecular weight is 141 g/mol. The lowest BCUT2D eigenvalue weighted by Gasteiger charge is -2.26. The predicted octanol–water partition coefficient (Wildman–Crippen LogP) is 2.27. The highest BCUT2D eigenvalue weighted by Crippen LogP contribution is 2.56. The van der Waals surface area contributed by atoms with Gasteiger partial charge in [-0.05, 0) is 18.3 Å². The standard InChI is InChI=1S/C8H15NO/c1-7(2,3)8(4-5-8)6-9-10/h6,10H,4-5H2,1-3H3. The van der Waals surface area contributed by atoms with E-state index in [1.165, 1.54) is 12.8 Å². The van der Waals surface area contributed by atoms with Crippen LogP contribution >= 0.6 is 0 Å². The summed E-state index contributed by atoms with van der Waals surface area (Å²) in [6, 6.07) is 0. The molecule has 0 spiro atoms. The Bertz CT molecular complexity index is 151. The molecular formula is C8H15NO. The third kappa shape index (κ3) is 1.02. The first kappa shape index (κ1) is 7.58. The molecule has 0 unspecified atom stereocenters. The van der Waals surface area contributed by atoms with Gasteiger partial charge in [0, 0.05) is 5.41 Å². The van der Waals surface area contributed by atoms with Gasteiger partial charge < -0.3 is 5.21 Å². The minimum absolute atomic E-state index is 0.196. The fourth-order valence-corrected chi connectivity index (χ4v) is 1.32. The van der Waals surface area contributed by atoms with Crippen molar-refractivity contribution in [2.75, 3.05) is 0 Å². The fourth-order valence-electron chi connectivity index (χ4n) is 1.32. The molecule has 1 aliphatic rings. The molecule has 1 aliphatic carbocycles. The van der Waals surface area contributed by atoms with E-state index in [9.17, 15) is 0 Å². The molecule has 0 aliphatic heterocycles. The van der Waals surface area contributed by atoms with Crippen molar-refractivity contribution in [1.29, 1.82) is 0 Å². The molecule has 0 aromatic carbocycles. The zero-order chi connectivity index (χ0) is 7.83. The summed E-state index contributed by atoms with van der Waals surface area (Å²) >= 11 is 0. The van der Waals surface area contributed by atoms with E-state index in [-0.39, 0.29) is 10.8 Å². The first-order valence-electron chi connectivity index (χ1n) is 3.70. The molecule has 2 nitrogen and oxygen atoms in total. The molecule has 2 heteroatoms. The van der Waals surface area contributed by atoms with Gasteiger partial charge in [0.15, 0.2) is 0 Å². The summed E-state index contributed by atoms with van der Waals surface area (Å²) in [5, 5.41) is 11.5. The van der Waals surface area contributed by atoms with E-state index in [4.69, 9.17) is 5.21 Å². The normalized spacial score (nSPS) is 23.5. The van der Waals surface area contributed by atoms with Crippen LogP contribution in [0, 0.1) is 10.8 Å². The second-order valence-electron chi connectivity index (χ2n) is 4.15. The van der Waals surface area contributed by atoms with Crippen LogP contribution in [0.3, 0.4) is 0 Å². The molecule has 0 saturated heterocycles. The summed E-state index contributed by atoms with van der Waals surface area (Å²) in [6.07, 6.45) is 4.02. The zero-order valence-electron chi connectivity index (χ0n) is 6.89. The van der Waals surface area contributed by atoms with E-state index in [0.717, 1.165) is 0 Å². The zero-order valence-corrected chi connectivity index (χ0v) is 6.89. The van der Waals surface area contributed by atoms with Crippen molar-refractivity contribution in [2.45, 2.75) is 33.6 Å². The molecule has 58 valence electrons. The number of oxime groups is 1. The lowest BCUT2D eigenvalue weighted by atomic mass is 9.78. The van der Waals surface area contributed by atoms with Gasteiger partial charge in [0.05, 0.1) is 6.21 Å². The van der Waals surface area contributed by atoms with Gasteiger partial charge in [-0.25, -0.2) is 0 Å². The molecule has 1 saturated carbocycles. The average Bonchev–Trinajstić information content (AvgIpc) is 2.45. The van der Waals surface area contributed by atoms with E-state index >= 15 is 0 Å². The molecule has 1 rings (SSSR count). The topological polar surface area (TPSA) is 32.6 Å². The molecule has 1 fully saturated rings. The third-order valence-corrected chi connectivity index (χ3v) is 2.59. The van der Waals surface area contributed by atoms with E-state index in [1.54, 1.807) is 6.21 Å². The molecule has 0 radical (unpaired) electrons. The quantitative estimate of drug-likeness (QED) is 0.339. The molecule has 0 aromatic rings. The van der Waals surface area contributed by atoms with Crippen LogP contribution in [0.4, 0.5) is 0 Å². The Morgan fingerprint density at radius 1 is 1.40 bits per heavy atom. The van der Waals surface area contributed by atoms with Crippen LogP contribution in [0.15, 0.2) is 5.16 Å². The molecule has 0 heterocycles. The highest BCUT2D eigenvalue weighted by molar-refractivity contribution is 5.69. The molecular weight excluding hydrogens is 126 g/mol. The van der Waals surface area contributed by atoms with E-state index < -0.39 is 0 Å². The number of hydrogen-bond donors (Lipinski definition) is 1. The predicted molar refractivity (Wildman–Crippen MR) is 41.4 cm³/mol. The maximum Gasteiger partial charge on any atom is 0.0502 e. The summed E-state index contributed by atoms with van der Waals surface area (Å²) in [5.74, 6) is 0. The highest BCUT2D eigenvalue weighted by Gasteiger charge is 2.50. The van der Waals surface area contributed by atoms with Crippen molar-refractivity contribution < 1.29 is 5.21 Å². The van der Waals surface area contributed by atoms with Crippen molar-refractivity contribution >= 4 is 6.21 Å². The number of rotatable bonds is 1. The number of hydrogen-bond acceptors (Lipinski definition) is 2. The van der Waals surface area contributed by atoms with Gasteiger partial charge in [-0.1, -0.05) is 20.8 Å². The van der Waals surface area contributed by atoms with E-state index in [1.807, 2.05) is 0 Å². The lowest BCUT2D eigenvalue weighted by molar-refractivity contribution is 0.275. The summed E-state index contributed by atoms with van der Waals surface area (Å²) in [5.41, 5.74) is 0.445. The minimum Gasteiger partial charge on any atom is -0.411 e. The van der Waals surface area contributed by atoms with Crippen molar-refractivity contribution in [3.8, 4) is 0 Å². The Morgan fingerprint density at radius 2 is 1.90 bits per heavy atom. The Kier molecular flexibility index (Phi) is 1.50. The number of nitrogens with zero attached hydrogens (tertiary/aromatic N) is 1. The molecule has 0 aromatic heterocycles. The Hall–Kier alpha value is -0.530. The van der Waals surface area contributed by atoms with Gasteiger partial charge in [-0.3, -0.25) is 0 Å². The van der Waals surface area contributed by atoms with Crippen LogP contribution in [-0.2, 0) is 0 Å². The Balaban J connectivity index is 2.70. The van der Waals surface area contributed by atoms with Crippen molar-refractivity contribution in [1.82, 2.24) is 0 Å². The SMILES string of the molecule is CC(C)(C)C1(C=NO)CC1. The van der Waals surface area contributed by atoms with Crippen molar-refractivity contribution in [2.24, 2.45) is 16.0 Å². The Morgan fingerprint density at radius 3 is 2.00 bits per heavy atom. The first-order valence-corrected chi connectivity index (χ1v) is 3.70.